The van der Waals surface area contributed by atoms with Crippen molar-refractivity contribution in [2.45, 2.75) is 37.7 Å². The number of thioether (sulfide) groups is 1. The Balaban J connectivity index is 1.34. The number of amides is 1. The fourth-order valence-electron chi connectivity index (χ4n) is 3.50. The van der Waals surface area contributed by atoms with Crippen LogP contribution in [0.15, 0.2) is 24.3 Å². The molecule has 1 unspecified atom stereocenters. The van der Waals surface area contributed by atoms with E-state index in [1.807, 2.05) is 0 Å². The largest absolute Gasteiger partial charge is 0.491 e. The van der Waals surface area contributed by atoms with Crippen LogP contribution in [0.2, 0.25) is 0 Å². The van der Waals surface area contributed by atoms with Crippen molar-refractivity contribution in [3.05, 3.63) is 41.1 Å². The van der Waals surface area contributed by atoms with E-state index in [9.17, 15) is 18.0 Å². The molecule has 2 aliphatic heterocycles. The van der Waals surface area contributed by atoms with Crippen LogP contribution in [0.4, 0.5) is 13.2 Å². The lowest BCUT2D eigenvalue weighted by Gasteiger charge is -2.25. The second-order valence-electron chi connectivity index (χ2n) is 7.37. The van der Waals surface area contributed by atoms with E-state index >= 15 is 0 Å². The van der Waals surface area contributed by atoms with Gasteiger partial charge < -0.3 is 14.8 Å². The van der Waals surface area contributed by atoms with Crippen LogP contribution in [-0.4, -0.2) is 52.1 Å². The third-order valence-electron chi connectivity index (χ3n) is 4.93. The molecule has 11 heteroatoms. The fraction of sp³-hybridized carbons (Fsp3) is 0.450. The zero-order valence-corrected chi connectivity index (χ0v) is 17.1. The molecule has 2 aliphatic rings. The summed E-state index contributed by atoms with van der Waals surface area (Å²) >= 11 is 0.782. The Morgan fingerprint density at radius 1 is 1.39 bits per heavy atom. The van der Waals surface area contributed by atoms with Crippen molar-refractivity contribution in [2.24, 2.45) is 0 Å². The van der Waals surface area contributed by atoms with Crippen molar-refractivity contribution < 1.29 is 27.4 Å². The Labute approximate surface area is 180 Å². The summed E-state index contributed by atoms with van der Waals surface area (Å²) in [4.78, 5) is 12.7. The Morgan fingerprint density at radius 3 is 3.00 bits per heavy atom. The van der Waals surface area contributed by atoms with E-state index < -0.39 is 11.9 Å². The second kappa shape index (κ2) is 8.70. The lowest BCUT2D eigenvalue weighted by molar-refractivity contribution is -0.105. The molecule has 3 heterocycles. The minimum Gasteiger partial charge on any atom is -0.491 e. The zero-order chi connectivity index (χ0) is 22.0. The van der Waals surface area contributed by atoms with Crippen LogP contribution in [0, 0.1) is 11.3 Å². The highest BCUT2D eigenvalue weighted by atomic mass is 32.2. The Morgan fingerprint density at radius 2 is 2.23 bits per heavy atom. The second-order valence-corrected chi connectivity index (χ2v) is 8.40. The molecule has 0 aliphatic carbocycles. The number of hydrogen-bond acceptors (Lipinski definition) is 6. The first-order valence-corrected chi connectivity index (χ1v) is 10.8. The van der Waals surface area contributed by atoms with Crippen LogP contribution in [0.1, 0.15) is 28.0 Å². The van der Waals surface area contributed by atoms with Gasteiger partial charge in [-0.25, -0.2) is 4.68 Å². The molecule has 0 fully saturated rings. The molecule has 0 spiro atoms. The van der Waals surface area contributed by atoms with Gasteiger partial charge in [-0.15, -0.1) is 11.8 Å². The minimum absolute atomic E-state index is 0.176. The highest BCUT2D eigenvalue weighted by molar-refractivity contribution is 7.99. The van der Waals surface area contributed by atoms with Crippen LogP contribution in [0.25, 0.3) is 0 Å². The molecular formula is C20H19F3N4O3S. The number of ether oxygens (including phenoxy) is 2. The van der Waals surface area contributed by atoms with Crippen LogP contribution in [-0.2, 0) is 13.0 Å². The number of rotatable bonds is 5. The number of fused-ring (bicyclic) bond motifs is 2. The zero-order valence-electron chi connectivity index (χ0n) is 16.3. The van der Waals surface area contributed by atoms with Crippen LogP contribution in [0.5, 0.6) is 11.6 Å². The summed E-state index contributed by atoms with van der Waals surface area (Å²) in [6.07, 6.45) is -3.51. The number of halogens is 3. The van der Waals surface area contributed by atoms with Crippen molar-refractivity contribution in [1.29, 1.82) is 5.26 Å². The van der Waals surface area contributed by atoms with Crippen LogP contribution in [0.3, 0.4) is 0 Å². The van der Waals surface area contributed by atoms with Crippen molar-refractivity contribution >= 4 is 17.7 Å². The molecule has 2 aromatic rings. The SMILES string of the molecule is N#Cc1ccc2c(c1)C[C@@H](NC(=O)c1cc3n(n1)CCC(CSCC(F)(F)F)O3)CO2. The van der Waals surface area contributed by atoms with E-state index in [2.05, 4.69) is 16.5 Å². The summed E-state index contributed by atoms with van der Waals surface area (Å²) in [6, 6.07) is 8.48. The summed E-state index contributed by atoms with van der Waals surface area (Å²) in [7, 11) is 0. The smallest absolute Gasteiger partial charge is 0.397 e. The molecule has 7 nitrogen and oxygen atoms in total. The van der Waals surface area contributed by atoms with E-state index in [-0.39, 0.29) is 29.5 Å². The third kappa shape index (κ3) is 5.25. The Kier molecular flexibility index (Phi) is 6.00. The molecule has 1 aromatic heterocycles. The van der Waals surface area contributed by atoms with Gasteiger partial charge in [-0.1, -0.05) is 0 Å². The maximum absolute atomic E-state index is 12.7. The number of carbonyl (C=O) groups excluding carboxylic acids is 1. The predicted octanol–water partition coefficient (Wildman–Crippen LogP) is 2.93. The molecule has 0 saturated carbocycles. The number of alkyl halides is 3. The monoisotopic (exact) mass is 452 g/mol. The first-order valence-electron chi connectivity index (χ1n) is 9.66. The van der Waals surface area contributed by atoms with Crippen molar-refractivity contribution in [2.75, 3.05) is 18.1 Å². The summed E-state index contributed by atoms with van der Waals surface area (Å²) in [6.45, 7) is 0.768. The predicted molar refractivity (Wildman–Crippen MR) is 106 cm³/mol. The molecule has 0 bridgehead atoms. The van der Waals surface area contributed by atoms with Crippen LogP contribution >= 0.6 is 11.8 Å². The van der Waals surface area contributed by atoms with Crippen molar-refractivity contribution in [3.63, 3.8) is 0 Å². The molecule has 1 amide bonds. The number of aryl methyl sites for hydroxylation is 1. The van der Waals surface area contributed by atoms with Gasteiger partial charge in [0, 0.05) is 24.8 Å². The summed E-state index contributed by atoms with van der Waals surface area (Å²) < 4.78 is 49.9. The summed E-state index contributed by atoms with van der Waals surface area (Å²) in [5, 5.41) is 16.2. The normalized spacial score (nSPS) is 19.9. The number of nitriles is 1. The lowest BCUT2D eigenvalue weighted by atomic mass is 10.0. The summed E-state index contributed by atoms with van der Waals surface area (Å²) in [5.74, 6) is -0.0116. The van der Waals surface area contributed by atoms with Gasteiger partial charge in [-0.05, 0) is 30.2 Å². The lowest BCUT2D eigenvalue weighted by Crippen LogP contribution is -2.42. The maximum Gasteiger partial charge on any atom is 0.397 e. The van der Waals surface area contributed by atoms with Gasteiger partial charge in [-0.3, -0.25) is 4.79 Å². The highest BCUT2D eigenvalue weighted by Gasteiger charge is 2.30. The molecule has 164 valence electrons. The van der Waals surface area contributed by atoms with Crippen molar-refractivity contribution in [1.82, 2.24) is 15.1 Å². The molecule has 1 N–H and O–H groups in total. The van der Waals surface area contributed by atoms with E-state index in [0.29, 0.717) is 43.2 Å². The maximum atomic E-state index is 12.7. The van der Waals surface area contributed by atoms with Gasteiger partial charge >= 0.3 is 6.18 Å². The van der Waals surface area contributed by atoms with E-state index in [4.69, 9.17) is 14.7 Å². The molecule has 0 saturated heterocycles. The molecule has 0 radical (unpaired) electrons. The highest BCUT2D eigenvalue weighted by Crippen LogP contribution is 2.28. The van der Waals surface area contributed by atoms with E-state index in [0.717, 1.165) is 17.3 Å². The van der Waals surface area contributed by atoms with Gasteiger partial charge in [0.25, 0.3) is 5.91 Å². The van der Waals surface area contributed by atoms with E-state index in [1.165, 1.54) is 6.07 Å². The van der Waals surface area contributed by atoms with Gasteiger partial charge in [0.05, 0.1) is 23.4 Å². The van der Waals surface area contributed by atoms with Crippen LogP contribution < -0.4 is 14.8 Å². The van der Waals surface area contributed by atoms with Gasteiger partial charge in [0.15, 0.2) is 5.69 Å². The molecule has 31 heavy (non-hydrogen) atoms. The molecule has 2 atom stereocenters. The quantitative estimate of drug-likeness (QED) is 0.751. The molecular weight excluding hydrogens is 433 g/mol. The number of benzene rings is 1. The number of aromatic nitrogens is 2. The average Bonchev–Trinajstić information content (AvgIpc) is 3.16. The Hall–Kier alpha value is -2.87. The number of carbonyl (C=O) groups is 1. The molecule has 1 aromatic carbocycles. The number of nitrogens with zero attached hydrogens (tertiary/aromatic N) is 3. The van der Waals surface area contributed by atoms with Gasteiger partial charge in [-0.2, -0.15) is 23.5 Å². The standard InChI is InChI=1S/C20H19F3N4O3S/c21-20(22,23)11-31-10-15-3-4-27-18(30-15)7-16(26-27)19(28)25-14-6-13-5-12(8-24)1-2-17(13)29-9-14/h1-2,5,7,14-15H,3-4,6,9-11H2,(H,25,28)/t14-,15?/m1/s1. The molecule has 4 rings (SSSR count). The van der Waals surface area contributed by atoms with Gasteiger partial charge in [0.2, 0.25) is 5.88 Å². The van der Waals surface area contributed by atoms with Crippen molar-refractivity contribution in [3.8, 4) is 17.7 Å². The summed E-state index contributed by atoms with van der Waals surface area (Å²) in [5.41, 5.74) is 1.55. The number of hydrogen-bond donors (Lipinski definition) is 1. The first kappa shape index (κ1) is 21.4. The van der Waals surface area contributed by atoms with Gasteiger partial charge in [0.1, 0.15) is 18.5 Å². The third-order valence-corrected chi connectivity index (χ3v) is 6.07. The topological polar surface area (TPSA) is 89.2 Å². The fourth-order valence-corrected chi connectivity index (χ4v) is 4.35. The minimum atomic E-state index is -4.20. The van der Waals surface area contributed by atoms with E-state index in [1.54, 1.807) is 22.9 Å². The first-order chi connectivity index (χ1) is 14.8. The number of nitrogens with one attached hydrogen (secondary N) is 1. The Bertz CT molecular complexity index is 1020. The average molecular weight is 452 g/mol.